The number of hydrogen-bond donors (Lipinski definition) is 0. The van der Waals surface area contributed by atoms with Crippen molar-refractivity contribution in [2.24, 2.45) is 5.92 Å². The van der Waals surface area contributed by atoms with Crippen molar-refractivity contribution in [3.63, 3.8) is 0 Å². The number of morpholine rings is 1. The summed E-state index contributed by atoms with van der Waals surface area (Å²) in [6.45, 7) is 8.47. The van der Waals surface area contributed by atoms with Gasteiger partial charge in [0.15, 0.2) is 0 Å². The Morgan fingerprint density at radius 3 is 2.38 bits per heavy atom. The number of piperidine rings is 1. The van der Waals surface area contributed by atoms with Crippen LogP contribution in [0.25, 0.3) is 0 Å². The van der Waals surface area contributed by atoms with Crippen LogP contribution in [0, 0.1) is 5.92 Å². The predicted molar refractivity (Wildman–Crippen MR) is 93.0 cm³/mol. The molecule has 1 aromatic rings. The third-order valence-corrected chi connectivity index (χ3v) is 5.11. The number of carbonyl (C=O) groups is 1. The van der Waals surface area contributed by atoms with Gasteiger partial charge in [0.2, 0.25) is 0 Å². The Bertz CT molecular complexity index is 518. The molecule has 132 valence electrons. The molecule has 2 aliphatic rings. The van der Waals surface area contributed by atoms with E-state index >= 15 is 0 Å². The molecule has 2 aliphatic heterocycles. The summed E-state index contributed by atoms with van der Waals surface area (Å²) in [4.78, 5) is 16.5. The van der Waals surface area contributed by atoms with E-state index in [9.17, 15) is 4.79 Å². The van der Waals surface area contributed by atoms with Crippen LogP contribution in [0.1, 0.15) is 28.8 Å². The zero-order chi connectivity index (χ0) is 16.8. The normalized spacial score (nSPS) is 20.9. The second-order valence-electron chi connectivity index (χ2n) is 6.82. The molecule has 0 spiro atoms. The summed E-state index contributed by atoms with van der Waals surface area (Å²) < 4.78 is 10.2. The standard InChI is InChI=1S/C19H28N2O3/c1-23-19(22)18-4-2-16(3-5-18)14-20-8-6-17(7-9-20)15-21-10-12-24-13-11-21/h2-5,17H,6-15H2,1H3. The summed E-state index contributed by atoms with van der Waals surface area (Å²) >= 11 is 0. The smallest absolute Gasteiger partial charge is 0.337 e. The van der Waals surface area contributed by atoms with Crippen LogP contribution in [0.2, 0.25) is 0 Å². The fourth-order valence-electron chi connectivity index (χ4n) is 3.60. The molecule has 24 heavy (non-hydrogen) atoms. The summed E-state index contributed by atoms with van der Waals surface area (Å²) in [5.41, 5.74) is 1.87. The van der Waals surface area contributed by atoms with E-state index < -0.39 is 0 Å². The molecule has 0 amide bonds. The van der Waals surface area contributed by atoms with Crippen LogP contribution >= 0.6 is 0 Å². The number of nitrogens with zero attached hydrogens (tertiary/aromatic N) is 2. The minimum atomic E-state index is -0.273. The lowest BCUT2D eigenvalue weighted by atomic mass is 9.95. The average molecular weight is 332 g/mol. The van der Waals surface area contributed by atoms with Crippen LogP contribution in [-0.4, -0.2) is 68.8 Å². The summed E-state index contributed by atoms with van der Waals surface area (Å²) in [6.07, 6.45) is 2.55. The van der Waals surface area contributed by atoms with E-state index in [0.717, 1.165) is 51.9 Å². The lowest BCUT2D eigenvalue weighted by molar-refractivity contribution is 0.0242. The molecule has 0 aliphatic carbocycles. The first-order valence-corrected chi connectivity index (χ1v) is 8.94. The van der Waals surface area contributed by atoms with E-state index in [1.807, 2.05) is 24.3 Å². The molecule has 0 unspecified atom stereocenters. The summed E-state index contributed by atoms with van der Waals surface area (Å²) in [5, 5.41) is 0. The second-order valence-corrected chi connectivity index (χ2v) is 6.82. The van der Waals surface area contributed by atoms with E-state index in [2.05, 4.69) is 9.80 Å². The van der Waals surface area contributed by atoms with Gasteiger partial charge in [-0.2, -0.15) is 0 Å². The molecule has 5 nitrogen and oxygen atoms in total. The fraction of sp³-hybridized carbons (Fsp3) is 0.632. The first-order valence-electron chi connectivity index (χ1n) is 8.94. The number of carbonyl (C=O) groups excluding carboxylic acids is 1. The van der Waals surface area contributed by atoms with Gasteiger partial charge >= 0.3 is 5.97 Å². The molecule has 0 radical (unpaired) electrons. The number of hydrogen-bond acceptors (Lipinski definition) is 5. The van der Waals surface area contributed by atoms with Crippen molar-refractivity contribution in [1.29, 1.82) is 0 Å². The number of methoxy groups -OCH3 is 1. The van der Waals surface area contributed by atoms with Crippen molar-refractivity contribution < 1.29 is 14.3 Å². The van der Waals surface area contributed by atoms with E-state index in [0.29, 0.717) is 5.56 Å². The highest BCUT2D eigenvalue weighted by atomic mass is 16.5. The highest BCUT2D eigenvalue weighted by Gasteiger charge is 2.22. The maximum atomic E-state index is 11.5. The van der Waals surface area contributed by atoms with Gasteiger partial charge in [-0.25, -0.2) is 4.79 Å². The number of esters is 1. The topological polar surface area (TPSA) is 42.0 Å². The SMILES string of the molecule is COC(=O)c1ccc(CN2CCC(CN3CCOCC3)CC2)cc1. The van der Waals surface area contributed by atoms with Gasteiger partial charge in [0.1, 0.15) is 0 Å². The third kappa shape index (κ3) is 4.79. The van der Waals surface area contributed by atoms with Crippen molar-refractivity contribution in [3.8, 4) is 0 Å². The first kappa shape index (κ1) is 17.4. The van der Waals surface area contributed by atoms with Crippen LogP contribution in [0.3, 0.4) is 0 Å². The molecular weight excluding hydrogens is 304 g/mol. The maximum absolute atomic E-state index is 11.5. The molecule has 0 saturated carbocycles. The Kier molecular flexibility index (Phi) is 6.24. The van der Waals surface area contributed by atoms with Crippen LogP contribution in [0.15, 0.2) is 24.3 Å². The van der Waals surface area contributed by atoms with Gasteiger partial charge in [0, 0.05) is 26.2 Å². The molecule has 0 atom stereocenters. The molecule has 0 N–H and O–H groups in total. The molecule has 2 saturated heterocycles. The van der Waals surface area contributed by atoms with E-state index in [-0.39, 0.29) is 5.97 Å². The Hall–Kier alpha value is -1.43. The van der Waals surface area contributed by atoms with Gasteiger partial charge in [-0.1, -0.05) is 12.1 Å². The number of rotatable bonds is 5. The van der Waals surface area contributed by atoms with Crippen LogP contribution in [0.4, 0.5) is 0 Å². The molecular formula is C19H28N2O3. The van der Waals surface area contributed by atoms with Crippen molar-refractivity contribution >= 4 is 5.97 Å². The zero-order valence-corrected chi connectivity index (χ0v) is 14.6. The Balaban J connectivity index is 1.42. The molecule has 1 aromatic carbocycles. The zero-order valence-electron chi connectivity index (χ0n) is 14.6. The predicted octanol–water partition coefficient (Wildman–Crippen LogP) is 2.02. The molecule has 0 aromatic heterocycles. The monoisotopic (exact) mass is 332 g/mol. The number of ether oxygens (including phenoxy) is 2. The van der Waals surface area contributed by atoms with Gasteiger partial charge in [-0.3, -0.25) is 9.80 Å². The Labute approximate surface area is 144 Å². The van der Waals surface area contributed by atoms with Crippen LogP contribution in [0.5, 0.6) is 0 Å². The Morgan fingerprint density at radius 2 is 1.75 bits per heavy atom. The van der Waals surface area contributed by atoms with Crippen molar-refractivity contribution in [1.82, 2.24) is 9.80 Å². The average Bonchev–Trinajstić information content (AvgIpc) is 2.64. The number of likely N-dealkylation sites (tertiary alicyclic amines) is 1. The minimum absolute atomic E-state index is 0.273. The van der Waals surface area contributed by atoms with Gasteiger partial charge < -0.3 is 9.47 Å². The van der Waals surface area contributed by atoms with Crippen LogP contribution in [-0.2, 0) is 16.0 Å². The summed E-state index contributed by atoms with van der Waals surface area (Å²) in [6, 6.07) is 7.77. The summed E-state index contributed by atoms with van der Waals surface area (Å²) in [7, 11) is 1.41. The molecule has 3 rings (SSSR count). The minimum Gasteiger partial charge on any atom is -0.465 e. The molecule has 0 bridgehead atoms. The van der Waals surface area contributed by atoms with E-state index in [1.54, 1.807) is 0 Å². The Morgan fingerprint density at radius 1 is 1.08 bits per heavy atom. The quantitative estimate of drug-likeness (QED) is 0.772. The second kappa shape index (κ2) is 8.60. The highest BCUT2D eigenvalue weighted by molar-refractivity contribution is 5.89. The van der Waals surface area contributed by atoms with Gasteiger partial charge in [-0.15, -0.1) is 0 Å². The van der Waals surface area contributed by atoms with Gasteiger partial charge in [-0.05, 0) is 49.5 Å². The first-order chi connectivity index (χ1) is 11.7. The highest BCUT2D eigenvalue weighted by Crippen LogP contribution is 2.20. The molecule has 2 fully saturated rings. The molecule has 2 heterocycles. The van der Waals surface area contributed by atoms with Crippen molar-refractivity contribution in [3.05, 3.63) is 35.4 Å². The maximum Gasteiger partial charge on any atom is 0.337 e. The van der Waals surface area contributed by atoms with E-state index in [4.69, 9.17) is 9.47 Å². The van der Waals surface area contributed by atoms with Crippen LogP contribution < -0.4 is 0 Å². The lowest BCUT2D eigenvalue weighted by Gasteiger charge is -2.36. The lowest BCUT2D eigenvalue weighted by Crippen LogP contribution is -2.42. The largest absolute Gasteiger partial charge is 0.465 e. The third-order valence-electron chi connectivity index (χ3n) is 5.11. The molecule has 5 heteroatoms. The van der Waals surface area contributed by atoms with Gasteiger partial charge in [0.25, 0.3) is 0 Å². The van der Waals surface area contributed by atoms with E-state index in [1.165, 1.54) is 32.1 Å². The van der Waals surface area contributed by atoms with Gasteiger partial charge in [0.05, 0.1) is 25.9 Å². The number of benzene rings is 1. The van der Waals surface area contributed by atoms with Crippen molar-refractivity contribution in [2.75, 3.05) is 53.0 Å². The fourth-order valence-corrected chi connectivity index (χ4v) is 3.60. The van der Waals surface area contributed by atoms with Crippen molar-refractivity contribution in [2.45, 2.75) is 19.4 Å². The summed E-state index contributed by atoms with van der Waals surface area (Å²) in [5.74, 6) is 0.548.